The number of thiophene rings is 1. The fraction of sp³-hybridized carbons (Fsp3) is 0.636. The highest BCUT2D eigenvalue weighted by Gasteiger charge is 2.18. The van der Waals surface area contributed by atoms with Crippen molar-refractivity contribution >= 4 is 27.3 Å². The fourth-order valence-electron chi connectivity index (χ4n) is 1.58. The third-order valence-corrected chi connectivity index (χ3v) is 3.75. The van der Waals surface area contributed by atoms with Gasteiger partial charge in [0.2, 0.25) is 0 Å². The van der Waals surface area contributed by atoms with Crippen LogP contribution in [-0.4, -0.2) is 30.2 Å². The van der Waals surface area contributed by atoms with Crippen molar-refractivity contribution in [3.8, 4) is 0 Å². The summed E-state index contributed by atoms with van der Waals surface area (Å²) in [5, 5.41) is 11.3. The van der Waals surface area contributed by atoms with Gasteiger partial charge in [-0.1, -0.05) is 13.8 Å². The van der Waals surface area contributed by atoms with Gasteiger partial charge in [-0.2, -0.15) is 0 Å². The van der Waals surface area contributed by atoms with Crippen LogP contribution in [0.5, 0.6) is 0 Å². The highest BCUT2D eigenvalue weighted by Crippen LogP contribution is 2.22. The molecule has 0 fully saturated rings. The Bertz CT molecular complexity index is 311. The second-order valence-corrected chi connectivity index (χ2v) is 7.04. The number of hydrogen-bond donors (Lipinski definition) is 1. The first-order valence-corrected chi connectivity index (χ1v) is 6.62. The lowest BCUT2D eigenvalue weighted by Crippen LogP contribution is -2.33. The largest absolute Gasteiger partial charge is 0.396 e. The summed E-state index contributed by atoms with van der Waals surface area (Å²) in [6.45, 7) is 6.22. The Morgan fingerprint density at radius 3 is 2.67 bits per heavy atom. The lowest BCUT2D eigenvalue weighted by atomic mass is 9.94. The molecule has 1 N–H and O–H groups in total. The molecule has 0 saturated carbocycles. The Kier molecular flexibility index (Phi) is 4.77. The zero-order chi connectivity index (χ0) is 11.5. The van der Waals surface area contributed by atoms with Crippen molar-refractivity contribution in [3.63, 3.8) is 0 Å². The SMILES string of the molecule is CN(Cc1csc(Br)c1)CC(C)(C)CO. The number of rotatable bonds is 5. The summed E-state index contributed by atoms with van der Waals surface area (Å²) in [6.07, 6.45) is 0. The van der Waals surface area contributed by atoms with Crippen molar-refractivity contribution in [1.82, 2.24) is 4.90 Å². The minimum atomic E-state index is -0.0258. The molecule has 1 heterocycles. The molecule has 0 bridgehead atoms. The maximum absolute atomic E-state index is 9.18. The summed E-state index contributed by atoms with van der Waals surface area (Å²) in [6, 6.07) is 2.15. The molecule has 1 aromatic rings. The van der Waals surface area contributed by atoms with Gasteiger partial charge in [0, 0.05) is 25.1 Å². The number of nitrogens with zero attached hydrogens (tertiary/aromatic N) is 1. The van der Waals surface area contributed by atoms with E-state index in [4.69, 9.17) is 0 Å². The molecule has 0 saturated heterocycles. The molecule has 0 aromatic carbocycles. The van der Waals surface area contributed by atoms with Crippen molar-refractivity contribution in [2.75, 3.05) is 20.2 Å². The molecule has 0 atom stereocenters. The van der Waals surface area contributed by atoms with E-state index in [9.17, 15) is 5.11 Å². The molecule has 4 heteroatoms. The number of hydrogen-bond acceptors (Lipinski definition) is 3. The number of aliphatic hydroxyl groups excluding tert-OH is 1. The lowest BCUT2D eigenvalue weighted by Gasteiger charge is -2.28. The average Bonchev–Trinajstić information content (AvgIpc) is 2.50. The zero-order valence-corrected chi connectivity index (χ0v) is 11.9. The summed E-state index contributed by atoms with van der Waals surface area (Å²) in [4.78, 5) is 2.24. The van der Waals surface area contributed by atoms with Gasteiger partial charge in [-0.25, -0.2) is 0 Å². The van der Waals surface area contributed by atoms with Crippen LogP contribution in [0.25, 0.3) is 0 Å². The fourth-order valence-corrected chi connectivity index (χ4v) is 2.78. The van der Waals surface area contributed by atoms with E-state index in [-0.39, 0.29) is 12.0 Å². The van der Waals surface area contributed by atoms with E-state index in [0.717, 1.165) is 13.1 Å². The molecule has 1 rings (SSSR count). The van der Waals surface area contributed by atoms with Gasteiger partial charge in [0.05, 0.1) is 3.79 Å². The van der Waals surface area contributed by atoms with E-state index >= 15 is 0 Å². The second-order valence-electron chi connectivity index (χ2n) is 4.75. The summed E-state index contributed by atoms with van der Waals surface area (Å²) >= 11 is 5.17. The smallest absolute Gasteiger partial charge is 0.0701 e. The van der Waals surface area contributed by atoms with Crippen LogP contribution in [0.1, 0.15) is 19.4 Å². The van der Waals surface area contributed by atoms with E-state index in [0.29, 0.717) is 0 Å². The Hall–Kier alpha value is 0.1000. The molecule has 1 aromatic heterocycles. The minimum absolute atomic E-state index is 0.0258. The second kappa shape index (κ2) is 5.43. The predicted octanol–water partition coefficient (Wildman–Crippen LogP) is 2.96. The van der Waals surface area contributed by atoms with Crippen LogP contribution in [0.15, 0.2) is 15.2 Å². The molecule has 0 unspecified atom stereocenters. The van der Waals surface area contributed by atoms with Crippen molar-refractivity contribution in [3.05, 3.63) is 20.8 Å². The van der Waals surface area contributed by atoms with Crippen LogP contribution in [0.4, 0.5) is 0 Å². The molecule has 15 heavy (non-hydrogen) atoms. The first-order valence-electron chi connectivity index (χ1n) is 4.95. The van der Waals surface area contributed by atoms with Crippen LogP contribution in [0, 0.1) is 5.41 Å². The van der Waals surface area contributed by atoms with Crippen molar-refractivity contribution in [2.24, 2.45) is 5.41 Å². The molecule has 2 nitrogen and oxygen atoms in total. The molecule has 0 aliphatic carbocycles. The molecule has 0 radical (unpaired) electrons. The van der Waals surface area contributed by atoms with Gasteiger partial charge in [-0.05, 0) is 40.0 Å². The Balaban J connectivity index is 2.46. The average molecular weight is 292 g/mol. The molecular formula is C11H18BrNOS. The molecule has 0 aliphatic heterocycles. The summed E-state index contributed by atoms with van der Waals surface area (Å²) < 4.78 is 1.17. The first kappa shape index (κ1) is 13.2. The number of aliphatic hydroxyl groups is 1. The highest BCUT2D eigenvalue weighted by atomic mass is 79.9. The monoisotopic (exact) mass is 291 g/mol. The maximum Gasteiger partial charge on any atom is 0.0701 e. The third kappa shape index (κ3) is 4.64. The van der Waals surface area contributed by atoms with Gasteiger partial charge in [0.15, 0.2) is 0 Å². The normalized spacial score (nSPS) is 12.4. The number of halogens is 1. The van der Waals surface area contributed by atoms with Gasteiger partial charge >= 0.3 is 0 Å². The molecule has 0 amide bonds. The summed E-state index contributed by atoms with van der Waals surface area (Å²) in [7, 11) is 2.09. The Morgan fingerprint density at radius 2 is 2.20 bits per heavy atom. The van der Waals surface area contributed by atoms with E-state index < -0.39 is 0 Å². The highest BCUT2D eigenvalue weighted by molar-refractivity contribution is 9.11. The Labute approximate surface area is 104 Å². The maximum atomic E-state index is 9.18. The quantitative estimate of drug-likeness (QED) is 0.902. The minimum Gasteiger partial charge on any atom is -0.396 e. The van der Waals surface area contributed by atoms with Gasteiger partial charge in [-0.3, -0.25) is 0 Å². The lowest BCUT2D eigenvalue weighted by molar-refractivity contribution is 0.112. The van der Waals surface area contributed by atoms with Crippen molar-refractivity contribution in [2.45, 2.75) is 20.4 Å². The van der Waals surface area contributed by atoms with Crippen molar-refractivity contribution < 1.29 is 5.11 Å². The molecule has 86 valence electrons. The standard InChI is InChI=1S/C11H18BrNOS/c1-11(2,8-14)7-13(3)5-9-4-10(12)15-6-9/h4,6,14H,5,7-8H2,1-3H3. The van der Waals surface area contributed by atoms with Crippen LogP contribution in [0.2, 0.25) is 0 Å². The summed E-state index contributed by atoms with van der Waals surface area (Å²) in [5.41, 5.74) is 1.30. The van der Waals surface area contributed by atoms with E-state index in [1.165, 1.54) is 9.35 Å². The van der Waals surface area contributed by atoms with Crippen LogP contribution in [-0.2, 0) is 6.54 Å². The molecule has 0 spiro atoms. The topological polar surface area (TPSA) is 23.5 Å². The van der Waals surface area contributed by atoms with Crippen LogP contribution >= 0.6 is 27.3 Å². The third-order valence-electron chi connectivity index (χ3n) is 2.20. The van der Waals surface area contributed by atoms with Gasteiger partial charge < -0.3 is 10.0 Å². The van der Waals surface area contributed by atoms with Gasteiger partial charge in [0.1, 0.15) is 0 Å². The Morgan fingerprint density at radius 1 is 1.53 bits per heavy atom. The van der Waals surface area contributed by atoms with Crippen molar-refractivity contribution in [1.29, 1.82) is 0 Å². The van der Waals surface area contributed by atoms with E-state index in [1.807, 2.05) is 0 Å². The zero-order valence-electron chi connectivity index (χ0n) is 9.46. The summed E-state index contributed by atoms with van der Waals surface area (Å²) in [5.74, 6) is 0. The first-order chi connectivity index (χ1) is 6.93. The van der Waals surface area contributed by atoms with Gasteiger partial charge in [-0.15, -0.1) is 11.3 Å². The predicted molar refractivity (Wildman–Crippen MR) is 69.2 cm³/mol. The van der Waals surface area contributed by atoms with E-state index in [2.05, 4.69) is 53.2 Å². The molecular weight excluding hydrogens is 274 g/mol. The molecule has 0 aliphatic rings. The van der Waals surface area contributed by atoms with E-state index in [1.54, 1.807) is 11.3 Å². The van der Waals surface area contributed by atoms with Crippen LogP contribution < -0.4 is 0 Å². The van der Waals surface area contributed by atoms with Crippen LogP contribution in [0.3, 0.4) is 0 Å². The van der Waals surface area contributed by atoms with Gasteiger partial charge in [0.25, 0.3) is 0 Å².